The van der Waals surface area contributed by atoms with Crippen LogP contribution in [0.1, 0.15) is 10.5 Å². The Kier molecular flexibility index (Phi) is 3.49. The smallest absolute Gasteiger partial charge is 0.278 e. The predicted molar refractivity (Wildman–Crippen MR) is 74.1 cm³/mol. The maximum absolute atomic E-state index is 13.5. The minimum absolute atomic E-state index is 0.0428. The second-order valence-corrected chi connectivity index (χ2v) is 5.03. The Labute approximate surface area is 122 Å². The Morgan fingerprint density at radius 1 is 1.29 bits per heavy atom. The van der Waals surface area contributed by atoms with Gasteiger partial charge in [0, 0.05) is 6.07 Å². The number of oxazole rings is 1. The van der Waals surface area contributed by atoms with Gasteiger partial charge in [-0.25, -0.2) is 13.8 Å². The molecule has 0 unspecified atom stereocenters. The molecule has 2 aromatic heterocycles. The summed E-state index contributed by atoms with van der Waals surface area (Å²) in [6.45, 7) is 0. The number of thiophene rings is 1. The molecule has 0 fully saturated rings. The van der Waals surface area contributed by atoms with Gasteiger partial charge in [0.2, 0.25) is 0 Å². The van der Waals surface area contributed by atoms with E-state index < -0.39 is 17.5 Å². The van der Waals surface area contributed by atoms with Gasteiger partial charge >= 0.3 is 0 Å². The fourth-order valence-electron chi connectivity index (χ4n) is 1.76. The van der Waals surface area contributed by atoms with Crippen molar-refractivity contribution in [3.05, 3.63) is 59.4 Å². The Bertz CT molecular complexity index is 784. The highest BCUT2D eigenvalue weighted by Gasteiger charge is 2.20. The second kappa shape index (κ2) is 5.45. The van der Waals surface area contributed by atoms with E-state index in [1.807, 2.05) is 11.4 Å². The van der Waals surface area contributed by atoms with Crippen molar-refractivity contribution >= 4 is 22.9 Å². The van der Waals surface area contributed by atoms with Gasteiger partial charge in [-0.05, 0) is 23.6 Å². The molecule has 0 aliphatic heterocycles. The van der Waals surface area contributed by atoms with Gasteiger partial charge in [0.25, 0.3) is 5.91 Å². The molecule has 0 atom stereocenters. The van der Waals surface area contributed by atoms with E-state index in [2.05, 4.69) is 10.3 Å². The maximum Gasteiger partial charge on any atom is 0.278 e. The first-order valence-electron chi connectivity index (χ1n) is 5.89. The molecule has 3 aromatic rings. The van der Waals surface area contributed by atoms with Crippen molar-refractivity contribution in [3.63, 3.8) is 0 Å². The lowest BCUT2D eigenvalue weighted by Gasteiger charge is -2.05. The van der Waals surface area contributed by atoms with E-state index in [4.69, 9.17) is 4.42 Å². The molecule has 3 rings (SSSR count). The maximum atomic E-state index is 13.5. The van der Waals surface area contributed by atoms with Crippen LogP contribution in [0.2, 0.25) is 0 Å². The summed E-state index contributed by atoms with van der Waals surface area (Å²) < 4.78 is 31.6. The number of hydrogen-bond donors (Lipinski definition) is 1. The highest BCUT2D eigenvalue weighted by Crippen LogP contribution is 2.28. The third kappa shape index (κ3) is 2.68. The van der Waals surface area contributed by atoms with Crippen molar-refractivity contribution < 1.29 is 18.0 Å². The molecule has 0 aliphatic carbocycles. The molecule has 0 saturated carbocycles. The van der Waals surface area contributed by atoms with Crippen LogP contribution in [0.25, 0.3) is 10.6 Å². The van der Waals surface area contributed by atoms with Crippen LogP contribution >= 0.6 is 11.3 Å². The topological polar surface area (TPSA) is 55.1 Å². The summed E-state index contributed by atoms with van der Waals surface area (Å²) in [5.74, 6) is -1.89. The van der Waals surface area contributed by atoms with Gasteiger partial charge in [-0.2, -0.15) is 0 Å². The van der Waals surface area contributed by atoms with Gasteiger partial charge in [0.1, 0.15) is 11.6 Å². The monoisotopic (exact) mass is 306 g/mol. The number of carbonyl (C=O) groups excluding carboxylic acids is 1. The summed E-state index contributed by atoms with van der Waals surface area (Å²) in [4.78, 5) is 16.7. The quantitative estimate of drug-likeness (QED) is 0.797. The molecule has 21 heavy (non-hydrogen) atoms. The molecule has 7 heteroatoms. The molecule has 0 bridgehead atoms. The van der Waals surface area contributed by atoms with E-state index >= 15 is 0 Å². The van der Waals surface area contributed by atoms with Crippen molar-refractivity contribution in [1.82, 2.24) is 4.98 Å². The zero-order chi connectivity index (χ0) is 14.8. The van der Waals surface area contributed by atoms with E-state index in [0.29, 0.717) is 11.8 Å². The Morgan fingerprint density at radius 2 is 2.14 bits per heavy atom. The average Bonchev–Trinajstić information content (AvgIpc) is 3.10. The van der Waals surface area contributed by atoms with Crippen molar-refractivity contribution in [2.75, 3.05) is 5.32 Å². The molecule has 0 radical (unpaired) electrons. The van der Waals surface area contributed by atoms with Crippen molar-refractivity contribution in [1.29, 1.82) is 0 Å². The number of aromatic nitrogens is 1. The van der Waals surface area contributed by atoms with Crippen LogP contribution in [-0.2, 0) is 0 Å². The molecule has 0 saturated heterocycles. The van der Waals surface area contributed by atoms with Gasteiger partial charge in [0.05, 0.1) is 10.6 Å². The number of hydrogen-bond acceptors (Lipinski definition) is 4. The van der Waals surface area contributed by atoms with Crippen molar-refractivity contribution in [2.24, 2.45) is 0 Å². The summed E-state index contributed by atoms with van der Waals surface area (Å²) >= 11 is 1.39. The van der Waals surface area contributed by atoms with Crippen molar-refractivity contribution in [3.8, 4) is 10.6 Å². The number of anilines is 1. The number of halogens is 2. The summed E-state index contributed by atoms with van der Waals surface area (Å²) in [6.07, 6.45) is 1.14. The lowest BCUT2D eigenvalue weighted by Crippen LogP contribution is -2.14. The summed E-state index contributed by atoms with van der Waals surface area (Å²) in [7, 11) is 0. The van der Waals surface area contributed by atoms with E-state index in [1.165, 1.54) is 11.3 Å². The summed E-state index contributed by atoms with van der Waals surface area (Å²) in [5, 5.41) is 4.18. The van der Waals surface area contributed by atoms with Gasteiger partial charge in [0.15, 0.2) is 17.8 Å². The van der Waals surface area contributed by atoms with Crippen LogP contribution < -0.4 is 5.32 Å². The second-order valence-electron chi connectivity index (χ2n) is 4.09. The van der Waals surface area contributed by atoms with Crippen LogP contribution in [0, 0.1) is 11.6 Å². The van der Waals surface area contributed by atoms with Crippen LogP contribution in [0.4, 0.5) is 14.5 Å². The third-order valence-corrected chi connectivity index (χ3v) is 3.58. The molecular weight excluding hydrogens is 298 g/mol. The minimum Gasteiger partial charge on any atom is -0.442 e. The zero-order valence-electron chi connectivity index (χ0n) is 10.5. The van der Waals surface area contributed by atoms with Crippen LogP contribution in [0.15, 0.2) is 46.5 Å². The lowest BCUT2D eigenvalue weighted by molar-refractivity contribution is 0.102. The Hall–Kier alpha value is -2.54. The molecule has 4 nitrogen and oxygen atoms in total. The number of nitrogens with zero attached hydrogens (tertiary/aromatic N) is 1. The molecule has 106 valence electrons. The Morgan fingerprint density at radius 3 is 2.86 bits per heavy atom. The van der Waals surface area contributed by atoms with Gasteiger partial charge in [-0.15, -0.1) is 11.3 Å². The van der Waals surface area contributed by atoms with Gasteiger partial charge in [-0.1, -0.05) is 6.07 Å². The first-order chi connectivity index (χ1) is 10.1. The first-order valence-corrected chi connectivity index (χ1v) is 6.77. The standard InChI is InChI=1S/C14H8F2N2O2S/c15-8-3-4-10(9(16)6-8)18-14(19)12-13(20-7-17-12)11-2-1-5-21-11/h1-7H,(H,18,19). The largest absolute Gasteiger partial charge is 0.442 e. The van der Waals surface area contributed by atoms with E-state index in [0.717, 1.165) is 23.4 Å². The normalized spacial score (nSPS) is 10.6. The fraction of sp³-hybridized carbons (Fsp3) is 0. The first kappa shape index (κ1) is 13.4. The number of carbonyl (C=O) groups is 1. The fourth-order valence-corrected chi connectivity index (χ4v) is 2.48. The average molecular weight is 306 g/mol. The molecule has 1 amide bonds. The zero-order valence-corrected chi connectivity index (χ0v) is 11.3. The molecule has 1 aromatic carbocycles. The van der Waals surface area contributed by atoms with Crippen molar-refractivity contribution in [2.45, 2.75) is 0 Å². The van der Waals surface area contributed by atoms with Gasteiger partial charge < -0.3 is 9.73 Å². The predicted octanol–water partition coefficient (Wildman–Crippen LogP) is 3.93. The summed E-state index contributed by atoms with van der Waals surface area (Å²) in [6, 6.07) is 6.48. The Balaban J connectivity index is 1.88. The summed E-state index contributed by atoms with van der Waals surface area (Å²) in [5.41, 5.74) is -0.0808. The number of benzene rings is 1. The van der Waals surface area contributed by atoms with Crippen LogP contribution in [0.5, 0.6) is 0 Å². The number of rotatable bonds is 3. The SMILES string of the molecule is O=C(Nc1ccc(F)cc1F)c1ncoc1-c1cccs1. The van der Waals surface area contributed by atoms with E-state index in [-0.39, 0.29) is 11.4 Å². The van der Waals surface area contributed by atoms with Gasteiger partial charge in [-0.3, -0.25) is 4.79 Å². The van der Waals surface area contributed by atoms with Crippen LogP contribution in [0.3, 0.4) is 0 Å². The highest BCUT2D eigenvalue weighted by atomic mass is 32.1. The van der Waals surface area contributed by atoms with E-state index in [1.54, 1.807) is 6.07 Å². The highest BCUT2D eigenvalue weighted by molar-refractivity contribution is 7.13. The lowest BCUT2D eigenvalue weighted by atomic mass is 10.2. The molecule has 2 heterocycles. The molecular formula is C14H8F2N2O2S. The molecule has 0 aliphatic rings. The number of nitrogens with one attached hydrogen (secondary N) is 1. The molecule has 0 spiro atoms. The molecule has 1 N–H and O–H groups in total. The minimum atomic E-state index is -0.857. The number of amides is 1. The van der Waals surface area contributed by atoms with E-state index in [9.17, 15) is 13.6 Å². The van der Waals surface area contributed by atoms with Crippen LogP contribution in [-0.4, -0.2) is 10.9 Å². The third-order valence-electron chi connectivity index (χ3n) is 2.71.